The van der Waals surface area contributed by atoms with E-state index in [0.717, 1.165) is 22.1 Å². The summed E-state index contributed by atoms with van der Waals surface area (Å²) in [6.07, 6.45) is 0. The van der Waals surface area contributed by atoms with Crippen molar-refractivity contribution in [3.05, 3.63) is 162 Å². The Balaban J connectivity index is 1.17. The van der Waals surface area contributed by atoms with E-state index in [0.29, 0.717) is 0 Å². The van der Waals surface area contributed by atoms with E-state index in [2.05, 4.69) is 221 Å². The second-order valence-corrected chi connectivity index (χ2v) is 22.3. The lowest BCUT2D eigenvalue weighted by Gasteiger charge is -2.22. The van der Waals surface area contributed by atoms with E-state index in [1.807, 2.05) is 0 Å². The molecule has 0 aliphatic heterocycles. The Morgan fingerprint density at radius 3 is 1.52 bits per heavy atom. The molecule has 0 radical (unpaired) electrons. The molecule has 320 valence electrons. The summed E-state index contributed by atoms with van der Waals surface area (Å²) in [5, 5.41) is 12.7. The fourth-order valence-electron chi connectivity index (χ4n) is 11.7. The molecule has 4 heteroatoms. The molecule has 8 aromatic carbocycles. The first-order valence-corrected chi connectivity index (χ1v) is 23.6. The first-order chi connectivity index (χ1) is 31.6. The molecule has 66 heavy (non-hydrogen) atoms. The highest BCUT2D eigenvalue weighted by Crippen LogP contribution is 2.50. The van der Waals surface area contributed by atoms with E-state index in [-0.39, 0.29) is 16.2 Å². The molecule has 0 spiro atoms. The minimum Gasteiger partial charge on any atom is -0.454 e. The summed E-state index contributed by atoms with van der Waals surface area (Å²) in [6.45, 7) is 21.1. The standard InChI is InChI=1S/C62H51N3O/c1-60(2,3)35-26-41(34-23-24-51-42(25-34)39-19-13-15-21-50(39)63(51)38-17-11-10-12-18-38)55-47(29-35)48-30-36(61(4,5)6)27-45-43-32-44-46-28-37(62(7,8)9)31-49-57(46)65(53(44)33-52(43)64(55)56(45)48)58-40-20-14-16-22-54(40)66-59(49)58/h10-33H,1-9H3. The molecule has 14 rings (SSSR count). The van der Waals surface area contributed by atoms with Crippen LogP contribution in [0.3, 0.4) is 0 Å². The van der Waals surface area contributed by atoms with Gasteiger partial charge >= 0.3 is 0 Å². The van der Waals surface area contributed by atoms with Gasteiger partial charge in [0.2, 0.25) is 0 Å². The van der Waals surface area contributed by atoms with Gasteiger partial charge < -0.3 is 17.8 Å². The zero-order chi connectivity index (χ0) is 44.9. The third-order valence-corrected chi connectivity index (χ3v) is 15.1. The first kappa shape index (κ1) is 38.0. The summed E-state index contributed by atoms with van der Waals surface area (Å²) < 4.78 is 14.4. The van der Waals surface area contributed by atoms with Gasteiger partial charge in [0.05, 0.1) is 38.6 Å². The van der Waals surface area contributed by atoms with Gasteiger partial charge in [-0.05, 0) is 129 Å². The number of rotatable bonds is 2. The summed E-state index contributed by atoms with van der Waals surface area (Å²) in [5.74, 6) is 0. The van der Waals surface area contributed by atoms with Crippen LogP contribution >= 0.6 is 0 Å². The van der Waals surface area contributed by atoms with Crippen LogP contribution in [0.5, 0.6) is 0 Å². The molecule has 6 heterocycles. The normalized spacial score (nSPS) is 13.5. The van der Waals surface area contributed by atoms with Crippen molar-refractivity contribution in [1.82, 2.24) is 13.4 Å². The van der Waals surface area contributed by atoms with Gasteiger partial charge in [0.15, 0.2) is 5.58 Å². The molecule has 0 unspecified atom stereocenters. The Bertz CT molecular complexity index is 4370. The second-order valence-electron chi connectivity index (χ2n) is 22.3. The highest BCUT2D eigenvalue weighted by atomic mass is 16.3. The van der Waals surface area contributed by atoms with Gasteiger partial charge in [-0.15, -0.1) is 0 Å². The van der Waals surface area contributed by atoms with Gasteiger partial charge in [-0.3, -0.25) is 0 Å². The zero-order valence-electron chi connectivity index (χ0n) is 39.1. The maximum absolute atomic E-state index is 6.80. The molecule has 0 N–H and O–H groups in total. The van der Waals surface area contributed by atoms with Crippen molar-refractivity contribution >= 4 is 109 Å². The van der Waals surface area contributed by atoms with Crippen molar-refractivity contribution in [3.63, 3.8) is 0 Å². The van der Waals surface area contributed by atoms with Crippen LogP contribution in [0.15, 0.2) is 150 Å². The van der Waals surface area contributed by atoms with Crippen molar-refractivity contribution in [1.29, 1.82) is 0 Å². The van der Waals surface area contributed by atoms with Gasteiger partial charge in [0.25, 0.3) is 0 Å². The number of benzene rings is 8. The van der Waals surface area contributed by atoms with Crippen LogP contribution in [-0.2, 0) is 16.2 Å². The van der Waals surface area contributed by atoms with Gasteiger partial charge in [0, 0.05) is 65.1 Å². The number of hydrogen-bond acceptors (Lipinski definition) is 1. The molecule has 14 aromatic rings. The summed E-state index contributed by atoms with van der Waals surface area (Å²) in [6, 6.07) is 55.3. The fourth-order valence-corrected chi connectivity index (χ4v) is 11.7. The maximum Gasteiger partial charge on any atom is 0.161 e. The molecule has 0 amide bonds. The van der Waals surface area contributed by atoms with Crippen LogP contribution in [-0.4, -0.2) is 13.4 Å². The molecular weight excluding hydrogens is 803 g/mol. The molecule has 4 nitrogen and oxygen atoms in total. The minimum atomic E-state index is -0.0751. The molecule has 0 saturated carbocycles. The lowest BCUT2D eigenvalue weighted by molar-refractivity contribution is 0.591. The zero-order valence-corrected chi connectivity index (χ0v) is 39.1. The highest BCUT2D eigenvalue weighted by Gasteiger charge is 2.30. The van der Waals surface area contributed by atoms with Crippen LogP contribution in [0.2, 0.25) is 0 Å². The number of para-hydroxylation sites is 3. The number of aromatic nitrogens is 3. The van der Waals surface area contributed by atoms with E-state index in [1.54, 1.807) is 0 Å². The largest absolute Gasteiger partial charge is 0.454 e. The average Bonchev–Trinajstić information content (AvgIpc) is 4.12. The molecular formula is C62H51N3O. The minimum absolute atomic E-state index is 0.0448. The summed E-state index contributed by atoms with van der Waals surface area (Å²) in [4.78, 5) is 0. The lowest BCUT2D eigenvalue weighted by atomic mass is 9.83. The number of hydrogen-bond donors (Lipinski definition) is 0. The van der Waals surface area contributed by atoms with Crippen LogP contribution in [0.4, 0.5) is 0 Å². The topological polar surface area (TPSA) is 26.9 Å². The van der Waals surface area contributed by atoms with Crippen molar-refractivity contribution in [2.24, 2.45) is 0 Å². The quantitative estimate of drug-likeness (QED) is 0.170. The van der Waals surface area contributed by atoms with E-state index < -0.39 is 0 Å². The predicted octanol–water partition coefficient (Wildman–Crippen LogP) is 17.4. The molecule has 0 saturated heterocycles. The van der Waals surface area contributed by atoms with Crippen LogP contribution in [0.1, 0.15) is 79.0 Å². The van der Waals surface area contributed by atoms with E-state index >= 15 is 0 Å². The predicted molar refractivity (Wildman–Crippen MR) is 281 cm³/mol. The molecule has 0 bridgehead atoms. The Morgan fingerprint density at radius 1 is 0.348 bits per heavy atom. The Labute approximate surface area is 382 Å². The second kappa shape index (κ2) is 12.3. The summed E-state index contributed by atoms with van der Waals surface area (Å²) in [7, 11) is 0. The SMILES string of the molecule is CC(C)(C)c1cc(-c2ccc3c(c2)c2ccccc2n3-c2ccccc2)c2c(c1)c1cc(C(C)(C)C)cc3c4cc5c6cc(C(C)(C)C)cc7c8oc9ccccc9c8n(c5cc4n2c31)c67. The van der Waals surface area contributed by atoms with Crippen molar-refractivity contribution in [2.75, 3.05) is 0 Å². The number of fused-ring (bicyclic) bond motifs is 17. The van der Waals surface area contributed by atoms with E-state index in [1.165, 1.54) is 121 Å². The molecule has 0 atom stereocenters. The third-order valence-electron chi connectivity index (χ3n) is 15.1. The van der Waals surface area contributed by atoms with Crippen molar-refractivity contribution in [3.8, 4) is 16.8 Å². The van der Waals surface area contributed by atoms with Gasteiger partial charge in [0.1, 0.15) is 11.1 Å². The van der Waals surface area contributed by atoms with Crippen LogP contribution in [0, 0.1) is 0 Å². The van der Waals surface area contributed by atoms with Crippen molar-refractivity contribution < 1.29 is 4.42 Å². The first-order valence-electron chi connectivity index (χ1n) is 23.6. The average molecular weight is 854 g/mol. The Hall–Kier alpha value is -7.30. The number of furan rings is 1. The fraction of sp³-hybridized carbons (Fsp3) is 0.194. The lowest BCUT2D eigenvalue weighted by Crippen LogP contribution is -2.11. The highest BCUT2D eigenvalue weighted by molar-refractivity contribution is 6.31. The molecule has 0 fully saturated rings. The summed E-state index contributed by atoms with van der Waals surface area (Å²) in [5.41, 5.74) is 19.2. The summed E-state index contributed by atoms with van der Waals surface area (Å²) >= 11 is 0. The smallest absolute Gasteiger partial charge is 0.161 e. The Kier molecular flexibility index (Phi) is 7.10. The van der Waals surface area contributed by atoms with Crippen LogP contribution < -0.4 is 0 Å². The van der Waals surface area contributed by atoms with Gasteiger partial charge in [-0.25, -0.2) is 0 Å². The maximum atomic E-state index is 6.80. The Morgan fingerprint density at radius 2 is 0.848 bits per heavy atom. The van der Waals surface area contributed by atoms with Gasteiger partial charge in [-0.1, -0.05) is 117 Å². The monoisotopic (exact) mass is 853 g/mol. The van der Waals surface area contributed by atoms with Crippen LogP contribution in [0.25, 0.3) is 126 Å². The van der Waals surface area contributed by atoms with Gasteiger partial charge in [-0.2, -0.15) is 0 Å². The van der Waals surface area contributed by atoms with E-state index in [9.17, 15) is 0 Å². The number of nitrogens with zero attached hydrogens (tertiary/aromatic N) is 3. The molecule has 0 aliphatic carbocycles. The van der Waals surface area contributed by atoms with Crippen molar-refractivity contribution in [2.45, 2.75) is 78.6 Å². The molecule has 0 aliphatic rings. The molecule has 6 aromatic heterocycles. The van der Waals surface area contributed by atoms with E-state index in [4.69, 9.17) is 4.42 Å². The third kappa shape index (κ3) is 4.89.